The Morgan fingerprint density at radius 1 is 1.53 bits per heavy atom. The van der Waals surface area contributed by atoms with Crippen LogP contribution >= 0.6 is 0 Å². The predicted molar refractivity (Wildman–Crippen MR) is 66.1 cm³/mol. The van der Waals surface area contributed by atoms with E-state index in [0.717, 1.165) is 6.54 Å². The molecule has 0 fully saturated rings. The van der Waals surface area contributed by atoms with Crippen LogP contribution in [0.1, 0.15) is 6.92 Å². The van der Waals surface area contributed by atoms with Gasteiger partial charge in [-0.1, -0.05) is 0 Å². The third-order valence-corrected chi connectivity index (χ3v) is 2.46. The standard InChI is InChI=1S/C12H15FN4/c1-9(7-17-5-4-15-8-17)16-12-6-10(13)2-3-11(12)14/h2-6,8-9,16H,7,14H2,1H3. The monoisotopic (exact) mass is 234 g/mol. The number of nitrogen functional groups attached to an aromatic ring is 1. The molecular formula is C12H15FN4. The molecule has 1 atom stereocenters. The molecule has 0 aliphatic carbocycles. The van der Waals surface area contributed by atoms with E-state index in [0.29, 0.717) is 11.4 Å². The van der Waals surface area contributed by atoms with Crippen LogP contribution in [0.3, 0.4) is 0 Å². The second kappa shape index (κ2) is 4.86. The zero-order valence-corrected chi connectivity index (χ0v) is 9.60. The normalized spacial score (nSPS) is 12.4. The number of nitrogens with zero attached hydrogens (tertiary/aromatic N) is 2. The number of hydrogen-bond donors (Lipinski definition) is 2. The molecule has 90 valence electrons. The molecule has 0 aliphatic rings. The van der Waals surface area contributed by atoms with Crippen molar-refractivity contribution in [3.05, 3.63) is 42.7 Å². The number of rotatable bonds is 4. The van der Waals surface area contributed by atoms with Crippen molar-refractivity contribution in [2.24, 2.45) is 0 Å². The highest BCUT2D eigenvalue weighted by molar-refractivity contribution is 5.66. The van der Waals surface area contributed by atoms with E-state index in [9.17, 15) is 4.39 Å². The van der Waals surface area contributed by atoms with Crippen molar-refractivity contribution in [1.82, 2.24) is 9.55 Å². The Bertz CT molecular complexity index is 481. The fourth-order valence-corrected chi connectivity index (χ4v) is 1.68. The smallest absolute Gasteiger partial charge is 0.125 e. The van der Waals surface area contributed by atoms with E-state index in [1.807, 2.05) is 17.7 Å². The lowest BCUT2D eigenvalue weighted by Gasteiger charge is -2.17. The maximum absolute atomic E-state index is 13.1. The van der Waals surface area contributed by atoms with Crippen LogP contribution in [0.2, 0.25) is 0 Å². The van der Waals surface area contributed by atoms with Crippen molar-refractivity contribution < 1.29 is 4.39 Å². The first-order chi connectivity index (χ1) is 8.15. The summed E-state index contributed by atoms with van der Waals surface area (Å²) < 4.78 is 15.0. The molecule has 0 bridgehead atoms. The van der Waals surface area contributed by atoms with Crippen molar-refractivity contribution >= 4 is 11.4 Å². The molecule has 5 heteroatoms. The molecule has 0 spiro atoms. The quantitative estimate of drug-likeness (QED) is 0.796. The highest BCUT2D eigenvalue weighted by Gasteiger charge is 2.06. The van der Waals surface area contributed by atoms with Gasteiger partial charge in [-0.15, -0.1) is 0 Å². The van der Waals surface area contributed by atoms with E-state index in [1.54, 1.807) is 18.6 Å². The van der Waals surface area contributed by atoms with Crippen LogP contribution in [-0.2, 0) is 6.54 Å². The molecule has 2 rings (SSSR count). The first-order valence-corrected chi connectivity index (χ1v) is 5.42. The summed E-state index contributed by atoms with van der Waals surface area (Å²) in [6, 6.07) is 4.44. The van der Waals surface area contributed by atoms with Gasteiger partial charge in [0, 0.05) is 25.0 Å². The Labute approximate surface area is 99.3 Å². The topological polar surface area (TPSA) is 55.9 Å². The lowest BCUT2D eigenvalue weighted by Crippen LogP contribution is -2.21. The van der Waals surface area contributed by atoms with Crippen LogP contribution in [0.5, 0.6) is 0 Å². The highest BCUT2D eigenvalue weighted by atomic mass is 19.1. The third-order valence-electron chi connectivity index (χ3n) is 2.46. The molecule has 0 aliphatic heterocycles. The van der Waals surface area contributed by atoms with Crippen LogP contribution in [0.4, 0.5) is 15.8 Å². The van der Waals surface area contributed by atoms with Gasteiger partial charge < -0.3 is 15.6 Å². The van der Waals surface area contributed by atoms with Gasteiger partial charge in [-0.05, 0) is 25.1 Å². The van der Waals surface area contributed by atoms with E-state index in [2.05, 4.69) is 10.3 Å². The summed E-state index contributed by atoms with van der Waals surface area (Å²) in [6.07, 6.45) is 5.35. The Balaban J connectivity index is 2.02. The average molecular weight is 234 g/mol. The van der Waals surface area contributed by atoms with Gasteiger partial charge in [0.05, 0.1) is 17.7 Å². The van der Waals surface area contributed by atoms with Gasteiger partial charge in [-0.3, -0.25) is 0 Å². The zero-order valence-electron chi connectivity index (χ0n) is 9.60. The van der Waals surface area contributed by atoms with Crippen molar-refractivity contribution in [1.29, 1.82) is 0 Å². The molecule has 0 radical (unpaired) electrons. The summed E-state index contributed by atoms with van der Waals surface area (Å²) >= 11 is 0. The second-order valence-electron chi connectivity index (χ2n) is 4.04. The summed E-state index contributed by atoms with van der Waals surface area (Å²) in [7, 11) is 0. The zero-order chi connectivity index (χ0) is 12.3. The third kappa shape index (κ3) is 2.96. The van der Waals surface area contributed by atoms with Crippen molar-refractivity contribution in [3.8, 4) is 0 Å². The van der Waals surface area contributed by atoms with Gasteiger partial charge in [-0.25, -0.2) is 9.37 Å². The number of anilines is 2. The van der Waals surface area contributed by atoms with E-state index >= 15 is 0 Å². The number of aromatic nitrogens is 2. The Hall–Kier alpha value is -2.04. The average Bonchev–Trinajstić information content (AvgIpc) is 2.76. The summed E-state index contributed by atoms with van der Waals surface area (Å²) in [5, 5.41) is 3.18. The first-order valence-electron chi connectivity index (χ1n) is 5.42. The summed E-state index contributed by atoms with van der Waals surface area (Å²) in [4.78, 5) is 3.96. The number of imidazole rings is 1. The molecule has 1 aromatic carbocycles. The van der Waals surface area contributed by atoms with E-state index in [1.165, 1.54) is 12.1 Å². The lowest BCUT2D eigenvalue weighted by atomic mass is 10.2. The number of nitrogens with two attached hydrogens (primary N) is 1. The largest absolute Gasteiger partial charge is 0.397 e. The van der Waals surface area contributed by atoms with Gasteiger partial charge in [0.25, 0.3) is 0 Å². The first kappa shape index (κ1) is 11.4. The van der Waals surface area contributed by atoms with E-state index in [-0.39, 0.29) is 11.9 Å². The van der Waals surface area contributed by atoms with Gasteiger partial charge >= 0.3 is 0 Å². The van der Waals surface area contributed by atoms with Crippen molar-refractivity contribution in [2.45, 2.75) is 19.5 Å². The Morgan fingerprint density at radius 2 is 2.35 bits per heavy atom. The fraction of sp³-hybridized carbons (Fsp3) is 0.250. The summed E-state index contributed by atoms with van der Waals surface area (Å²) in [5.74, 6) is -0.295. The number of benzene rings is 1. The Kier molecular flexibility index (Phi) is 3.27. The molecule has 1 unspecified atom stereocenters. The van der Waals surface area contributed by atoms with Crippen LogP contribution < -0.4 is 11.1 Å². The molecule has 0 saturated heterocycles. The summed E-state index contributed by atoms with van der Waals surface area (Å²) in [6.45, 7) is 2.75. The predicted octanol–water partition coefficient (Wildman–Crippen LogP) is 2.10. The SMILES string of the molecule is CC(Cn1ccnc1)Nc1cc(F)ccc1N. The minimum absolute atomic E-state index is 0.133. The lowest BCUT2D eigenvalue weighted by molar-refractivity contribution is 0.614. The van der Waals surface area contributed by atoms with Crippen molar-refractivity contribution in [2.75, 3.05) is 11.1 Å². The molecule has 0 saturated carbocycles. The molecule has 1 aromatic heterocycles. The van der Waals surface area contributed by atoms with Gasteiger partial charge in [0.1, 0.15) is 5.82 Å². The number of nitrogens with one attached hydrogen (secondary N) is 1. The fourth-order valence-electron chi connectivity index (χ4n) is 1.68. The molecule has 17 heavy (non-hydrogen) atoms. The van der Waals surface area contributed by atoms with Gasteiger partial charge in [0.15, 0.2) is 0 Å². The van der Waals surface area contributed by atoms with E-state index < -0.39 is 0 Å². The maximum atomic E-state index is 13.1. The summed E-state index contributed by atoms with van der Waals surface area (Å²) in [5.41, 5.74) is 6.93. The molecule has 1 heterocycles. The number of hydrogen-bond acceptors (Lipinski definition) is 3. The van der Waals surface area contributed by atoms with Crippen LogP contribution in [0.15, 0.2) is 36.9 Å². The molecule has 2 aromatic rings. The van der Waals surface area contributed by atoms with Crippen LogP contribution in [0, 0.1) is 5.82 Å². The molecule has 0 amide bonds. The van der Waals surface area contributed by atoms with Gasteiger partial charge in [0.2, 0.25) is 0 Å². The van der Waals surface area contributed by atoms with Gasteiger partial charge in [-0.2, -0.15) is 0 Å². The maximum Gasteiger partial charge on any atom is 0.125 e. The van der Waals surface area contributed by atoms with Crippen LogP contribution in [-0.4, -0.2) is 15.6 Å². The molecular weight excluding hydrogens is 219 g/mol. The minimum Gasteiger partial charge on any atom is -0.397 e. The van der Waals surface area contributed by atoms with E-state index in [4.69, 9.17) is 5.73 Å². The number of halogens is 1. The minimum atomic E-state index is -0.295. The Morgan fingerprint density at radius 3 is 3.06 bits per heavy atom. The van der Waals surface area contributed by atoms with Crippen molar-refractivity contribution in [3.63, 3.8) is 0 Å². The molecule has 4 nitrogen and oxygen atoms in total. The second-order valence-corrected chi connectivity index (χ2v) is 4.04. The molecule has 3 N–H and O–H groups in total. The highest BCUT2D eigenvalue weighted by Crippen LogP contribution is 2.20. The van der Waals surface area contributed by atoms with Crippen LogP contribution in [0.25, 0.3) is 0 Å².